The van der Waals surface area contributed by atoms with Gasteiger partial charge in [-0.05, 0) is 11.5 Å². The molecule has 0 aliphatic rings. The molecule has 2 aromatic carbocycles. The molecule has 6 nitrogen and oxygen atoms in total. The highest BCUT2D eigenvalue weighted by Gasteiger charge is 2.12. The molecule has 0 aliphatic carbocycles. The predicted octanol–water partition coefficient (Wildman–Crippen LogP) is 2.15. The monoisotopic (exact) mass is 330 g/mol. The Morgan fingerprint density at radius 2 is 1.52 bits per heavy atom. The molecular formula is C13H14O6S2. The van der Waals surface area contributed by atoms with Crippen LogP contribution >= 0.6 is 0 Å². The van der Waals surface area contributed by atoms with Crippen LogP contribution < -0.4 is 0 Å². The van der Waals surface area contributed by atoms with E-state index in [1.165, 1.54) is 6.07 Å². The molecule has 8 heteroatoms. The number of hydrogen-bond donors (Lipinski definition) is 2. The lowest BCUT2D eigenvalue weighted by Gasteiger charge is -2.02. The van der Waals surface area contributed by atoms with Gasteiger partial charge in [-0.2, -0.15) is 16.8 Å². The zero-order valence-corrected chi connectivity index (χ0v) is 12.5. The van der Waals surface area contributed by atoms with E-state index in [0.717, 1.165) is 11.5 Å². The first kappa shape index (κ1) is 17.3. The van der Waals surface area contributed by atoms with Crippen molar-refractivity contribution < 1.29 is 25.9 Å². The lowest BCUT2D eigenvalue weighted by molar-refractivity contribution is 0.483. The fourth-order valence-corrected chi connectivity index (χ4v) is 2.58. The molecule has 0 bridgehead atoms. The number of fused-ring (bicyclic) bond motifs is 1. The minimum absolute atomic E-state index is 0.0457. The van der Waals surface area contributed by atoms with Crippen LogP contribution in [-0.2, 0) is 20.2 Å². The van der Waals surface area contributed by atoms with Crippen molar-refractivity contribution in [3.05, 3.63) is 55.1 Å². The van der Waals surface area contributed by atoms with E-state index in [1.807, 2.05) is 6.07 Å². The van der Waals surface area contributed by atoms with Crippen molar-refractivity contribution >= 4 is 31.0 Å². The van der Waals surface area contributed by atoms with Crippen LogP contribution in [0.4, 0.5) is 0 Å². The zero-order chi connectivity index (χ0) is 16.1. The highest BCUT2D eigenvalue weighted by molar-refractivity contribution is 7.86. The Hall–Kier alpha value is -1.74. The molecule has 0 saturated carbocycles. The summed E-state index contributed by atoms with van der Waals surface area (Å²) in [6, 6.07) is 11.8. The lowest BCUT2D eigenvalue weighted by atomic mass is 10.1. The highest BCUT2D eigenvalue weighted by atomic mass is 32.2. The normalized spacial score (nSPS) is 11.5. The van der Waals surface area contributed by atoms with E-state index in [-0.39, 0.29) is 10.6 Å². The van der Waals surface area contributed by atoms with Gasteiger partial charge in [0.2, 0.25) is 0 Å². The molecule has 2 N–H and O–H groups in total. The minimum Gasteiger partial charge on any atom is -0.285 e. The average molecular weight is 330 g/mol. The summed E-state index contributed by atoms with van der Waals surface area (Å²) in [5.41, 5.74) is 0. The molecule has 2 aromatic rings. The van der Waals surface area contributed by atoms with Crippen molar-refractivity contribution in [1.29, 1.82) is 0 Å². The minimum atomic E-state index is -4.13. The summed E-state index contributed by atoms with van der Waals surface area (Å²) in [5.74, 6) is -0.368. The summed E-state index contributed by atoms with van der Waals surface area (Å²) in [6.07, 6.45) is 1.12. The van der Waals surface area contributed by atoms with Gasteiger partial charge in [0, 0.05) is 5.39 Å². The van der Waals surface area contributed by atoms with E-state index < -0.39 is 20.2 Å². The second kappa shape index (κ2) is 6.81. The smallest absolute Gasteiger partial charge is 0.285 e. The third-order valence-corrected chi connectivity index (χ3v) is 3.92. The van der Waals surface area contributed by atoms with Crippen LogP contribution in [0.3, 0.4) is 0 Å². The summed E-state index contributed by atoms with van der Waals surface area (Å²) >= 11 is 0. The van der Waals surface area contributed by atoms with Crippen molar-refractivity contribution in [2.75, 3.05) is 5.75 Å². The Bertz CT molecular complexity index is 833. The lowest BCUT2D eigenvalue weighted by Crippen LogP contribution is -1.99. The molecule has 21 heavy (non-hydrogen) atoms. The van der Waals surface area contributed by atoms with Crippen LogP contribution in [0.5, 0.6) is 0 Å². The van der Waals surface area contributed by atoms with Gasteiger partial charge < -0.3 is 0 Å². The number of benzene rings is 2. The molecule has 0 heterocycles. The van der Waals surface area contributed by atoms with E-state index >= 15 is 0 Å². The van der Waals surface area contributed by atoms with Crippen LogP contribution in [0.25, 0.3) is 10.8 Å². The first-order chi connectivity index (χ1) is 9.65. The number of hydrogen-bond acceptors (Lipinski definition) is 4. The zero-order valence-electron chi connectivity index (χ0n) is 10.9. The average Bonchev–Trinajstić information content (AvgIpc) is 2.36. The molecule has 0 radical (unpaired) electrons. The van der Waals surface area contributed by atoms with Gasteiger partial charge >= 0.3 is 0 Å². The number of rotatable bonds is 3. The van der Waals surface area contributed by atoms with Crippen molar-refractivity contribution in [2.24, 2.45) is 0 Å². The third-order valence-electron chi connectivity index (χ3n) is 2.36. The fraction of sp³-hybridized carbons (Fsp3) is 0.0769. The van der Waals surface area contributed by atoms with Crippen LogP contribution in [0.1, 0.15) is 0 Å². The molecule has 0 aliphatic heterocycles. The maximum atomic E-state index is 11.0. The predicted molar refractivity (Wildman–Crippen MR) is 80.4 cm³/mol. The van der Waals surface area contributed by atoms with Gasteiger partial charge in [0.25, 0.3) is 20.2 Å². The van der Waals surface area contributed by atoms with Gasteiger partial charge in [-0.1, -0.05) is 42.5 Å². The Labute approximate surface area is 123 Å². The summed E-state index contributed by atoms with van der Waals surface area (Å²) < 4.78 is 58.3. The Morgan fingerprint density at radius 1 is 0.952 bits per heavy atom. The highest BCUT2D eigenvalue weighted by Crippen LogP contribution is 2.21. The molecule has 2 rings (SSSR count). The molecule has 0 unspecified atom stereocenters. The van der Waals surface area contributed by atoms with Gasteiger partial charge in [0.05, 0.1) is 5.75 Å². The molecule has 0 amide bonds. The second-order valence-corrected chi connectivity index (χ2v) is 6.88. The van der Waals surface area contributed by atoms with E-state index in [9.17, 15) is 16.8 Å². The first-order valence-corrected chi connectivity index (χ1v) is 8.71. The van der Waals surface area contributed by atoms with E-state index in [0.29, 0.717) is 5.39 Å². The van der Waals surface area contributed by atoms with E-state index in [1.54, 1.807) is 30.3 Å². The summed E-state index contributed by atoms with van der Waals surface area (Å²) in [7, 11) is -7.92. The summed E-state index contributed by atoms with van der Waals surface area (Å²) in [6.45, 7) is 3.11. The van der Waals surface area contributed by atoms with E-state index in [2.05, 4.69) is 6.58 Å². The SMILES string of the molecule is C=CCS(=O)(=O)O.O=S(=O)(O)c1cccc2ccccc12. The van der Waals surface area contributed by atoms with Crippen LogP contribution in [0, 0.1) is 0 Å². The maximum absolute atomic E-state index is 11.0. The fourth-order valence-electron chi connectivity index (χ4n) is 1.57. The molecular weight excluding hydrogens is 316 g/mol. The van der Waals surface area contributed by atoms with Gasteiger partial charge in [-0.3, -0.25) is 9.11 Å². The van der Waals surface area contributed by atoms with Crippen LogP contribution in [-0.4, -0.2) is 31.7 Å². The molecule has 0 saturated heterocycles. The van der Waals surface area contributed by atoms with Gasteiger partial charge in [-0.25, -0.2) is 0 Å². The Balaban J connectivity index is 0.000000270. The molecule has 0 fully saturated rings. The Morgan fingerprint density at radius 3 is 2.00 bits per heavy atom. The Kier molecular flexibility index (Phi) is 5.62. The maximum Gasteiger partial charge on any atom is 0.295 e. The van der Waals surface area contributed by atoms with Crippen molar-refractivity contribution in [1.82, 2.24) is 0 Å². The molecule has 0 spiro atoms. The van der Waals surface area contributed by atoms with Gasteiger partial charge in [0.15, 0.2) is 0 Å². The summed E-state index contributed by atoms with van der Waals surface area (Å²) in [4.78, 5) is -0.0457. The molecule has 0 aromatic heterocycles. The quantitative estimate of drug-likeness (QED) is 0.659. The topological polar surface area (TPSA) is 109 Å². The molecule has 114 valence electrons. The second-order valence-electron chi connectivity index (χ2n) is 3.99. The standard InChI is InChI=1S/C10H8O3S.C3H6O3S/c11-14(12,13)10-7-3-5-8-4-1-2-6-9(8)10;1-2-3-7(4,5)6/h1-7H,(H,11,12,13);2H,1,3H2,(H,4,5,6). The largest absolute Gasteiger partial charge is 0.295 e. The van der Waals surface area contributed by atoms with Crippen LogP contribution in [0.15, 0.2) is 60.0 Å². The van der Waals surface area contributed by atoms with Crippen molar-refractivity contribution in [2.45, 2.75) is 4.90 Å². The first-order valence-electron chi connectivity index (χ1n) is 5.66. The molecule has 0 atom stereocenters. The van der Waals surface area contributed by atoms with Gasteiger partial charge in [0.1, 0.15) is 4.90 Å². The van der Waals surface area contributed by atoms with Gasteiger partial charge in [-0.15, -0.1) is 6.58 Å². The van der Waals surface area contributed by atoms with E-state index in [4.69, 9.17) is 9.11 Å². The summed E-state index contributed by atoms with van der Waals surface area (Å²) in [5, 5.41) is 1.33. The van der Waals surface area contributed by atoms with Crippen LogP contribution in [0.2, 0.25) is 0 Å². The van der Waals surface area contributed by atoms with Crippen molar-refractivity contribution in [3.8, 4) is 0 Å². The third kappa shape index (κ3) is 5.64. The van der Waals surface area contributed by atoms with Crippen molar-refractivity contribution in [3.63, 3.8) is 0 Å².